The zero-order valence-electron chi connectivity index (χ0n) is 26.0. The Hall–Kier alpha value is -3.72. The number of halogens is 1. The van der Waals surface area contributed by atoms with Crippen molar-refractivity contribution in [2.45, 2.75) is 63.9 Å². The molecule has 2 aromatic carbocycles. The fourth-order valence-electron chi connectivity index (χ4n) is 5.00. The summed E-state index contributed by atoms with van der Waals surface area (Å²) in [5, 5.41) is 23.9. The lowest BCUT2D eigenvalue weighted by atomic mass is 10.0. The molecule has 0 spiro atoms. The van der Waals surface area contributed by atoms with E-state index in [1.165, 1.54) is 22.5 Å². The van der Waals surface area contributed by atoms with Crippen LogP contribution >= 0.6 is 22.9 Å². The van der Waals surface area contributed by atoms with E-state index in [-0.39, 0.29) is 40.5 Å². The fraction of sp³-hybridized carbons (Fsp3) is 0.419. The van der Waals surface area contributed by atoms with Crippen LogP contribution in [0.2, 0.25) is 5.02 Å². The fourth-order valence-corrected chi connectivity index (χ4v) is 8.20. The second-order valence-corrected chi connectivity index (χ2v) is 16.2. The van der Waals surface area contributed by atoms with Crippen molar-refractivity contribution in [2.24, 2.45) is 0 Å². The number of carboxylic acid groups (broad SMARTS) is 1. The third-order valence-electron chi connectivity index (χ3n) is 7.42. The van der Waals surface area contributed by atoms with Crippen LogP contribution in [0.25, 0.3) is 10.4 Å². The van der Waals surface area contributed by atoms with Crippen LogP contribution in [-0.4, -0.2) is 66.0 Å². The van der Waals surface area contributed by atoms with Gasteiger partial charge in [-0.05, 0) is 70.7 Å². The molecule has 0 unspecified atom stereocenters. The zero-order chi connectivity index (χ0) is 34.0. The Bertz CT molecular complexity index is 1740. The number of nitro groups is 1. The number of piperidine rings is 1. The first-order chi connectivity index (χ1) is 21.4. The summed E-state index contributed by atoms with van der Waals surface area (Å²) in [6.07, 6.45) is 1.04. The number of rotatable bonds is 11. The van der Waals surface area contributed by atoms with E-state index in [0.29, 0.717) is 28.8 Å². The highest BCUT2D eigenvalue weighted by molar-refractivity contribution is 7.90. The van der Waals surface area contributed by atoms with Gasteiger partial charge in [-0.3, -0.25) is 10.1 Å². The van der Waals surface area contributed by atoms with E-state index in [2.05, 4.69) is 5.32 Å². The van der Waals surface area contributed by atoms with Gasteiger partial charge in [-0.1, -0.05) is 35.9 Å². The first kappa shape index (κ1) is 35.1. The van der Waals surface area contributed by atoms with E-state index in [4.69, 9.17) is 26.2 Å². The summed E-state index contributed by atoms with van der Waals surface area (Å²) in [6.45, 7) is 8.09. The maximum absolute atomic E-state index is 13.7. The van der Waals surface area contributed by atoms with Crippen LogP contribution in [0.3, 0.4) is 0 Å². The summed E-state index contributed by atoms with van der Waals surface area (Å²) in [7, 11) is -3.85. The van der Waals surface area contributed by atoms with Gasteiger partial charge in [-0.15, -0.1) is 11.3 Å². The number of carbonyl (C=O) groups is 2. The number of hydrogen-bond acceptors (Lipinski definition) is 10. The minimum atomic E-state index is -3.85. The molecule has 0 amide bonds. The number of ether oxygens (including phenoxy) is 2. The van der Waals surface area contributed by atoms with Crippen LogP contribution in [0, 0.1) is 10.1 Å². The molecule has 3 aromatic rings. The number of benzene rings is 2. The van der Waals surface area contributed by atoms with Crippen molar-refractivity contribution in [3.8, 4) is 16.2 Å². The zero-order valence-corrected chi connectivity index (χ0v) is 28.4. The molecule has 1 fully saturated rings. The minimum Gasteiger partial charge on any atom is -0.479 e. The van der Waals surface area contributed by atoms with E-state index < -0.39 is 43.8 Å². The highest BCUT2D eigenvalue weighted by atomic mass is 35.5. The average Bonchev–Trinajstić information content (AvgIpc) is 3.31. The maximum Gasteiger partial charge on any atom is 0.352 e. The molecule has 4 rings (SSSR count). The number of sulfonamides is 1. The van der Waals surface area contributed by atoms with Crippen molar-refractivity contribution >= 4 is 56.3 Å². The molecule has 1 aromatic heterocycles. The number of hydrogen-bond donors (Lipinski definition) is 2. The third kappa shape index (κ3) is 7.80. The Labute approximate surface area is 276 Å². The number of carbonyl (C=O) groups excluding carboxylic acids is 1. The van der Waals surface area contributed by atoms with Gasteiger partial charge in [-0.25, -0.2) is 22.3 Å². The minimum absolute atomic E-state index is 0.0479. The van der Waals surface area contributed by atoms with Gasteiger partial charge in [0.05, 0.1) is 9.80 Å². The van der Waals surface area contributed by atoms with E-state index in [9.17, 15) is 28.1 Å². The Morgan fingerprint density at radius 2 is 1.76 bits per heavy atom. The van der Waals surface area contributed by atoms with Crippen LogP contribution in [0.1, 0.15) is 62.7 Å². The highest BCUT2D eigenvalue weighted by Crippen LogP contribution is 2.46. The predicted molar refractivity (Wildman–Crippen MR) is 176 cm³/mol. The van der Waals surface area contributed by atoms with Crippen molar-refractivity contribution in [1.82, 2.24) is 4.31 Å². The van der Waals surface area contributed by atoms with Crippen molar-refractivity contribution in [3.05, 3.63) is 74.1 Å². The molecule has 2 heterocycles. The number of non-ortho nitro benzene ring substituents is 1. The van der Waals surface area contributed by atoms with E-state index in [1.807, 2.05) is 12.1 Å². The van der Waals surface area contributed by atoms with Crippen LogP contribution in [-0.2, 0) is 24.3 Å². The molecule has 0 bridgehead atoms. The Morgan fingerprint density at radius 1 is 1.11 bits per heavy atom. The summed E-state index contributed by atoms with van der Waals surface area (Å²) in [5.41, 5.74) is 0.784. The Morgan fingerprint density at radius 3 is 2.37 bits per heavy atom. The molecule has 0 atom stereocenters. The van der Waals surface area contributed by atoms with Crippen molar-refractivity contribution < 1.29 is 37.5 Å². The molecule has 1 aliphatic heterocycles. The molecule has 2 N–H and O–H groups in total. The van der Waals surface area contributed by atoms with Gasteiger partial charge in [0.1, 0.15) is 15.4 Å². The van der Waals surface area contributed by atoms with Gasteiger partial charge in [0.15, 0.2) is 17.2 Å². The number of nitro benzene ring substituents is 1. The lowest BCUT2D eigenvalue weighted by molar-refractivity contribution is -0.384. The maximum atomic E-state index is 13.7. The number of carboxylic acids is 1. The SMILES string of the molecule is CC(C)(C)OC(=O)c1sc(-c2cccc(NC3CCN(S(=O)(=O)C(C)(C)c4cccc([N+](=O)[O-])c4)CC3)c2)c(Cl)c1OCC(=O)O. The summed E-state index contributed by atoms with van der Waals surface area (Å²) in [6, 6.07) is 13.0. The molecule has 12 nitrogen and oxygen atoms in total. The first-order valence-electron chi connectivity index (χ1n) is 14.4. The Kier molecular flexibility index (Phi) is 10.4. The van der Waals surface area contributed by atoms with Gasteiger partial charge < -0.3 is 19.9 Å². The molecule has 0 radical (unpaired) electrons. The highest BCUT2D eigenvalue weighted by Gasteiger charge is 2.42. The molecule has 1 aliphatic rings. The topological polar surface area (TPSA) is 165 Å². The summed E-state index contributed by atoms with van der Waals surface area (Å²) < 4.78 is 38.3. The number of nitrogens with one attached hydrogen (secondary N) is 1. The largest absolute Gasteiger partial charge is 0.479 e. The second-order valence-electron chi connectivity index (χ2n) is 12.3. The van der Waals surface area contributed by atoms with Gasteiger partial charge in [-0.2, -0.15) is 0 Å². The number of esters is 1. The van der Waals surface area contributed by atoms with Crippen LogP contribution in [0.4, 0.5) is 11.4 Å². The molecule has 46 heavy (non-hydrogen) atoms. The summed E-state index contributed by atoms with van der Waals surface area (Å²) in [4.78, 5) is 35.4. The standard InChI is InChI=1S/C31H36ClN3O9S2/c1-30(2,3)44-29(38)28-26(43-18-24(36)37)25(32)27(45-28)19-8-6-10-22(16-19)33-21-12-14-34(15-13-21)46(41,42)31(4,5)20-9-7-11-23(17-20)35(39)40/h6-11,16-17,21,33H,12-15,18H2,1-5H3,(H,36,37). The lowest BCUT2D eigenvalue weighted by Gasteiger charge is -2.37. The number of nitrogens with zero attached hydrogens (tertiary/aromatic N) is 2. The Balaban J connectivity index is 1.50. The van der Waals surface area contributed by atoms with E-state index in [0.717, 1.165) is 17.0 Å². The van der Waals surface area contributed by atoms with Gasteiger partial charge in [0.25, 0.3) is 5.69 Å². The average molecular weight is 694 g/mol. The van der Waals surface area contributed by atoms with Crippen LogP contribution < -0.4 is 10.1 Å². The molecular weight excluding hydrogens is 658 g/mol. The van der Waals surface area contributed by atoms with Gasteiger partial charge in [0.2, 0.25) is 10.0 Å². The quantitative estimate of drug-likeness (QED) is 0.128. The number of thiophene rings is 1. The van der Waals surface area contributed by atoms with Crippen molar-refractivity contribution in [1.29, 1.82) is 0 Å². The van der Waals surface area contributed by atoms with E-state index in [1.54, 1.807) is 52.8 Å². The van der Waals surface area contributed by atoms with Crippen molar-refractivity contribution in [3.63, 3.8) is 0 Å². The predicted octanol–water partition coefficient (Wildman–Crippen LogP) is 6.54. The number of aliphatic carboxylic acids is 1. The molecule has 1 saturated heterocycles. The lowest BCUT2D eigenvalue weighted by Crippen LogP contribution is -2.48. The molecule has 0 saturated carbocycles. The molecule has 248 valence electrons. The summed E-state index contributed by atoms with van der Waals surface area (Å²) >= 11 is 7.68. The normalized spacial score (nSPS) is 14.9. The molecule has 15 heteroatoms. The monoisotopic (exact) mass is 693 g/mol. The first-order valence-corrected chi connectivity index (χ1v) is 17.1. The number of anilines is 1. The molecular formula is C31H36ClN3O9S2. The van der Waals surface area contributed by atoms with E-state index >= 15 is 0 Å². The molecule has 0 aliphatic carbocycles. The van der Waals surface area contributed by atoms with Crippen molar-refractivity contribution in [2.75, 3.05) is 25.0 Å². The van der Waals surface area contributed by atoms with Gasteiger partial charge >= 0.3 is 11.9 Å². The van der Waals surface area contributed by atoms with Gasteiger partial charge in [0, 0.05) is 37.0 Å². The van der Waals surface area contributed by atoms with Crippen LogP contribution in [0.5, 0.6) is 5.75 Å². The third-order valence-corrected chi connectivity index (χ3v) is 11.7. The van der Waals surface area contributed by atoms with Crippen LogP contribution in [0.15, 0.2) is 48.5 Å². The smallest absolute Gasteiger partial charge is 0.352 e. The summed E-state index contributed by atoms with van der Waals surface area (Å²) in [5.74, 6) is -1.97. The second kappa shape index (κ2) is 13.6.